The first-order valence-corrected chi connectivity index (χ1v) is 6.53. The molecule has 0 aliphatic carbocycles. The van der Waals surface area contributed by atoms with Crippen molar-refractivity contribution >= 4 is 23.2 Å². The van der Waals surface area contributed by atoms with Gasteiger partial charge in [-0.15, -0.1) is 0 Å². The second-order valence-electron chi connectivity index (χ2n) is 4.54. The van der Waals surface area contributed by atoms with Crippen molar-refractivity contribution in [2.24, 2.45) is 0 Å². The number of ether oxygens (including phenoxy) is 1. The van der Waals surface area contributed by atoms with Crippen LogP contribution in [-0.4, -0.2) is 35.2 Å². The highest BCUT2D eigenvalue weighted by atomic mass is 16.5. The van der Waals surface area contributed by atoms with Gasteiger partial charge in [0.1, 0.15) is 18.0 Å². The molecule has 2 rings (SSSR count). The van der Waals surface area contributed by atoms with Crippen LogP contribution in [0.15, 0.2) is 33.7 Å². The van der Waals surface area contributed by atoms with E-state index in [0.29, 0.717) is 6.29 Å². The van der Waals surface area contributed by atoms with Gasteiger partial charge < -0.3 is 19.4 Å². The first-order chi connectivity index (χ1) is 10.5. The van der Waals surface area contributed by atoms with E-state index in [1.54, 1.807) is 6.92 Å². The van der Waals surface area contributed by atoms with E-state index >= 15 is 0 Å². The van der Waals surface area contributed by atoms with Crippen LogP contribution in [-0.2, 0) is 9.53 Å². The molecule has 1 aromatic carbocycles. The molecular formula is C15H14O7. The largest absolute Gasteiger partial charge is 0.464 e. The van der Waals surface area contributed by atoms with Crippen LogP contribution in [0.25, 0.3) is 11.0 Å². The van der Waals surface area contributed by atoms with Crippen molar-refractivity contribution < 1.29 is 29.0 Å². The highest BCUT2D eigenvalue weighted by Crippen LogP contribution is 2.22. The Labute approximate surface area is 124 Å². The van der Waals surface area contributed by atoms with Gasteiger partial charge in [-0.05, 0) is 24.6 Å². The minimum Gasteiger partial charge on any atom is -0.464 e. The molecule has 0 saturated carbocycles. The highest BCUT2D eigenvalue weighted by Gasteiger charge is 2.27. The van der Waals surface area contributed by atoms with Gasteiger partial charge in [-0.3, -0.25) is 9.59 Å². The Balaban J connectivity index is 2.44. The predicted octanol–water partition coefficient (Wildman–Crippen LogP) is 0.563. The van der Waals surface area contributed by atoms with Gasteiger partial charge in [0.25, 0.3) is 0 Å². The Bertz CT molecular complexity index is 762. The molecule has 0 aliphatic rings. The minimum atomic E-state index is -1.78. The van der Waals surface area contributed by atoms with Crippen molar-refractivity contribution in [3.63, 3.8) is 0 Å². The summed E-state index contributed by atoms with van der Waals surface area (Å²) in [4.78, 5) is 34.2. The lowest BCUT2D eigenvalue weighted by Crippen LogP contribution is -2.30. The molecule has 22 heavy (non-hydrogen) atoms. The first-order valence-electron chi connectivity index (χ1n) is 6.53. The lowest BCUT2D eigenvalue weighted by molar-refractivity contribution is -0.159. The van der Waals surface area contributed by atoms with E-state index in [1.165, 1.54) is 18.2 Å². The van der Waals surface area contributed by atoms with Crippen molar-refractivity contribution in [3.05, 3.63) is 45.8 Å². The van der Waals surface area contributed by atoms with Gasteiger partial charge in [-0.1, -0.05) is 6.07 Å². The van der Waals surface area contributed by atoms with Crippen molar-refractivity contribution in [1.82, 2.24) is 0 Å². The standard InChI is InChI=1S/C15H14O7/c1-2-21-15(20)14(19)13(18)8-3-4-11-10(5-8)12(17)9(6-16)7-22-11/h3-7,13-14,18-19H,2H2,1H3. The van der Waals surface area contributed by atoms with Crippen LogP contribution in [0.1, 0.15) is 28.9 Å². The summed E-state index contributed by atoms with van der Waals surface area (Å²) in [6.45, 7) is 1.63. The molecule has 2 N–H and O–H groups in total. The first kappa shape index (κ1) is 15.9. The molecule has 0 bridgehead atoms. The van der Waals surface area contributed by atoms with E-state index in [9.17, 15) is 24.6 Å². The summed E-state index contributed by atoms with van der Waals surface area (Å²) >= 11 is 0. The van der Waals surface area contributed by atoms with Gasteiger partial charge >= 0.3 is 5.97 Å². The lowest BCUT2D eigenvalue weighted by Gasteiger charge is -2.16. The summed E-state index contributed by atoms with van der Waals surface area (Å²) in [6.07, 6.45) is -1.94. The van der Waals surface area contributed by atoms with Gasteiger partial charge in [-0.2, -0.15) is 0 Å². The Hall–Kier alpha value is -2.51. The predicted molar refractivity (Wildman–Crippen MR) is 75.5 cm³/mol. The third-order valence-electron chi connectivity index (χ3n) is 3.12. The molecule has 1 aromatic heterocycles. The van der Waals surface area contributed by atoms with E-state index in [-0.39, 0.29) is 28.7 Å². The number of esters is 1. The summed E-state index contributed by atoms with van der Waals surface area (Å²) < 4.78 is 9.75. The molecule has 0 spiro atoms. The summed E-state index contributed by atoms with van der Waals surface area (Å²) in [5.74, 6) is -0.969. The average Bonchev–Trinajstić information content (AvgIpc) is 2.54. The number of aliphatic hydroxyl groups excluding tert-OH is 2. The zero-order chi connectivity index (χ0) is 16.3. The van der Waals surface area contributed by atoms with Crippen LogP contribution in [0.3, 0.4) is 0 Å². The van der Waals surface area contributed by atoms with E-state index in [4.69, 9.17) is 4.42 Å². The molecule has 7 nitrogen and oxygen atoms in total. The van der Waals surface area contributed by atoms with Gasteiger partial charge in [0, 0.05) is 0 Å². The molecule has 0 radical (unpaired) electrons. The van der Waals surface area contributed by atoms with Gasteiger partial charge in [-0.25, -0.2) is 4.79 Å². The van der Waals surface area contributed by atoms with Crippen LogP contribution < -0.4 is 5.43 Å². The molecule has 0 fully saturated rings. The molecule has 0 aliphatic heterocycles. The number of carbonyl (C=O) groups is 2. The van der Waals surface area contributed by atoms with Crippen molar-refractivity contribution in [1.29, 1.82) is 0 Å². The summed E-state index contributed by atoms with van der Waals surface area (Å²) in [6, 6.07) is 4.07. The normalized spacial score (nSPS) is 13.6. The maximum absolute atomic E-state index is 12.0. The molecular weight excluding hydrogens is 292 g/mol. The number of benzene rings is 1. The third-order valence-corrected chi connectivity index (χ3v) is 3.12. The molecule has 2 atom stereocenters. The summed E-state index contributed by atoms with van der Waals surface area (Å²) in [5, 5.41) is 19.8. The molecule has 2 unspecified atom stereocenters. The number of hydrogen-bond acceptors (Lipinski definition) is 7. The quantitative estimate of drug-likeness (QED) is 0.613. The van der Waals surface area contributed by atoms with Crippen LogP contribution >= 0.6 is 0 Å². The number of fused-ring (bicyclic) bond motifs is 1. The van der Waals surface area contributed by atoms with Crippen molar-refractivity contribution in [2.45, 2.75) is 19.1 Å². The second kappa shape index (κ2) is 6.50. The topological polar surface area (TPSA) is 114 Å². The Kier molecular flexibility index (Phi) is 4.69. The monoisotopic (exact) mass is 306 g/mol. The lowest BCUT2D eigenvalue weighted by atomic mass is 10.0. The Morgan fingerprint density at radius 1 is 1.41 bits per heavy atom. The van der Waals surface area contributed by atoms with E-state index in [2.05, 4.69) is 4.74 Å². The fourth-order valence-electron chi connectivity index (χ4n) is 1.97. The smallest absolute Gasteiger partial charge is 0.338 e. The van der Waals surface area contributed by atoms with E-state index in [1.807, 2.05) is 0 Å². The highest BCUT2D eigenvalue weighted by molar-refractivity contribution is 5.84. The van der Waals surface area contributed by atoms with E-state index < -0.39 is 23.6 Å². The molecule has 1 heterocycles. The van der Waals surface area contributed by atoms with Crippen LogP contribution in [0.2, 0.25) is 0 Å². The van der Waals surface area contributed by atoms with Gasteiger partial charge in [0.15, 0.2) is 12.4 Å². The fourth-order valence-corrected chi connectivity index (χ4v) is 1.97. The molecule has 0 saturated heterocycles. The molecule has 0 amide bonds. The number of carbonyl (C=O) groups excluding carboxylic acids is 2. The van der Waals surface area contributed by atoms with Crippen LogP contribution in [0.4, 0.5) is 0 Å². The zero-order valence-corrected chi connectivity index (χ0v) is 11.7. The number of aliphatic hydroxyl groups is 2. The summed E-state index contributed by atoms with van der Waals surface area (Å²) in [7, 11) is 0. The maximum Gasteiger partial charge on any atom is 0.338 e. The zero-order valence-electron chi connectivity index (χ0n) is 11.7. The van der Waals surface area contributed by atoms with E-state index in [0.717, 1.165) is 6.26 Å². The Morgan fingerprint density at radius 3 is 2.77 bits per heavy atom. The third kappa shape index (κ3) is 2.90. The van der Waals surface area contributed by atoms with Crippen LogP contribution in [0, 0.1) is 0 Å². The fraction of sp³-hybridized carbons (Fsp3) is 0.267. The molecule has 116 valence electrons. The van der Waals surface area contributed by atoms with Crippen molar-refractivity contribution in [2.75, 3.05) is 6.61 Å². The molecule has 7 heteroatoms. The number of aldehydes is 1. The average molecular weight is 306 g/mol. The number of hydrogen-bond donors (Lipinski definition) is 2. The number of rotatable bonds is 5. The van der Waals surface area contributed by atoms with Gasteiger partial charge in [0.2, 0.25) is 5.43 Å². The minimum absolute atomic E-state index is 0.0621. The molecule has 2 aromatic rings. The second-order valence-corrected chi connectivity index (χ2v) is 4.54. The Morgan fingerprint density at radius 2 is 2.14 bits per heavy atom. The van der Waals surface area contributed by atoms with Crippen LogP contribution in [0.5, 0.6) is 0 Å². The van der Waals surface area contributed by atoms with Gasteiger partial charge in [0.05, 0.1) is 17.6 Å². The van der Waals surface area contributed by atoms with Crippen molar-refractivity contribution in [3.8, 4) is 0 Å². The summed E-state index contributed by atoms with van der Waals surface area (Å²) in [5.41, 5.74) is -0.374. The SMILES string of the molecule is CCOC(=O)C(O)C(O)c1ccc2occ(C=O)c(=O)c2c1. The maximum atomic E-state index is 12.0.